The summed E-state index contributed by atoms with van der Waals surface area (Å²) < 4.78 is 20.2. The molecule has 21 heavy (non-hydrogen) atoms. The highest BCUT2D eigenvalue weighted by Crippen LogP contribution is 2.12. The Labute approximate surface area is 131 Å². The van der Waals surface area contributed by atoms with E-state index in [2.05, 4.69) is 4.98 Å². The molecule has 1 aromatic carbocycles. The van der Waals surface area contributed by atoms with Gasteiger partial charge in [0.05, 0.1) is 23.8 Å². The molecule has 1 aromatic heterocycles. The summed E-state index contributed by atoms with van der Waals surface area (Å²) in [6, 6.07) is 6.20. The van der Waals surface area contributed by atoms with Gasteiger partial charge in [0.15, 0.2) is 0 Å². The van der Waals surface area contributed by atoms with Crippen LogP contribution in [0, 0.1) is 17.1 Å². The van der Waals surface area contributed by atoms with E-state index in [1.54, 1.807) is 29.2 Å². The molecule has 0 fully saturated rings. The number of aromatic nitrogens is 2. The maximum Gasteiger partial charge on any atom is 0.303 e. The summed E-state index contributed by atoms with van der Waals surface area (Å²) >= 11 is 0. The van der Waals surface area contributed by atoms with Crippen molar-refractivity contribution in [3.8, 4) is 6.07 Å². The average molecular weight is 354 g/mol. The topological polar surface area (TPSA) is 67.9 Å². The number of esters is 1. The first-order valence-corrected chi connectivity index (χ1v) is 5.91. The van der Waals surface area contributed by atoms with Crippen molar-refractivity contribution >= 4 is 23.0 Å². The third-order valence-electron chi connectivity index (χ3n) is 2.73. The van der Waals surface area contributed by atoms with Crippen LogP contribution in [0.1, 0.15) is 23.7 Å². The molecule has 0 saturated carbocycles. The number of ether oxygens (including phenoxy) is 1. The lowest BCUT2D eigenvalue weighted by Crippen LogP contribution is -2.07. The van der Waals surface area contributed by atoms with E-state index < -0.39 is 5.82 Å². The quantitative estimate of drug-likeness (QED) is 0.792. The molecule has 0 spiro atoms. The van der Waals surface area contributed by atoms with Crippen LogP contribution in [-0.4, -0.2) is 15.5 Å². The van der Waals surface area contributed by atoms with Crippen LogP contribution in [0.2, 0.25) is 0 Å². The SMILES string of the molecule is Br.CC(=O)OCc1cncn1Cc1ccc(C#N)c(F)c1. The van der Waals surface area contributed by atoms with Gasteiger partial charge in [-0.25, -0.2) is 9.37 Å². The fourth-order valence-corrected chi connectivity index (χ4v) is 1.73. The zero-order valence-corrected chi connectivity index (χ0v) is 13.0. The number of hydrogen-bond acceptors (Lipinski definition) is 4. The van der Waals surface area contributed by atoms with Gasteiger partial charge in [-0.15, -0.1) is 17.0 Å². The number of nitrogens with zero attached hydrogens (tertiary/aromatic N) is 3. The Morgan fingerprint density at radius 2 is 2.29 bits per heavy atom. The van der Waals surface area contributed by atoms with Crippen molar-refractivity contribution < 1.29 is 13.9 Å². The molecule has 1 heterocycles. The van der Waals surface area contributed by atoms with Crippen LogP contribution in [0.5, 0.6) is 0 Å². The van der Waals surface area contributed by atoms with Crippen LogP contribution in [-0.2, 0) is 22.7 Å². The standard InChI is InChI=1S/C14H12FN3O2.BrH/c1-10(19)20-8-13-6-17-9-18(13)7-11-2-3-12(5-16)14(15)4-11;/h2-4,6,9H,7-8H2,1H3;1H. The Hall–Kier alpha value is -2.20. The Kier molecular flexibility index (Phi) is 6.06. The largest absolute Gasteiger partial charge is 0.459 e. The van der Waals surface area contributed by atoms with E-state index in [1.165, 1.54) is 19.1 Å². The molecule has 0 bridgehead atoms. The van der Waals surface area contributed by atoms with E-state index in [0.717, 1.165) is 0 Å². The Morgan fingerprint density at radius 3 is 2.90 bits per heavy atom. The summed E-state index contributed by atoms with van der Waals surface area (Å²) in [5, 5.41) is 8.68. The molecule has 0 aliphatic rings. The second-order valence-corrected chi connectivity index (χ2v) is 4.22. The molecular weight excluding hydrogens is 341 g/mol. The molecule has 0 radical (unpaired) electrons. The molecule has 0 N–H and O–H groups in total. The number of halogens is 2. The minimum atomic E-state index is -0.549. The van der Waals surface area contributed by atoms with Gasteiger partial charge in [0.25, 0.3) is 0 Å². The molecule has 0 aliphatic heterocycles. The first-order chi connectivity index (χ1) is 9.60. The Balaban J connectivity index is 0.00000220. The highest BCUT2D eigenvalue weighted by atomic mass is 79.9. The molecule has 0 unspecified atom stereocenters. The van der Waals surface area contributed by atoms with E-state index in [0.29, 0.717) is 17.8 Å². The van der Waals surface area contributed by atoms with Crippen molar-refractivity contribution in [3.05, 3.63) is 53.4 Å². The molecule has 110 valence electrons. The Bertz CT molecular complexity index is 679. The van der Waals surface area contributed by atoms with Crippen molar-refractivity contribution in [2.75, 3.05) is 0 Å². The second kappa shape index (κ2) is 7.55. The summed E-state index contributed by atoms with van der Waals surface area (Å²) in [7, 11) is 0. The van der Waals surface area contributed by atoms with Crippen LogP contribution < -0.4 is 0 Å². The third kappa shape index (κ3) is 4.39. The molecule has 5 nitrogen and oxygen atoms in total. The summed E-state index contributed by atoms with van der Waals surface area (Å²) in [5.41, 5.74) is 1.42. The van der Waals surface area contributed by atoms with Crippen molar-refractivity contribution in [3.63, 3.8) is 0 Å². The molecule has 2 rings (SSSR count). The van der Waals surface area contributed by atoms with Crippen molar-refractivity contribution in [2.24, 2.45) is 0 Å². The van der Waals surface area contributed by atoms with Crippen LogP contribution >= 0.6 is 17.0 Å². The number of rotatable bonds is 4. The fraction of sp³-hybridized carbons (Fsp3) is 0.214. The summed E-state index contributed by atoms with van der Waals surface area (Å²) in [4.78, 5) is 14.8. The molecule has 0 amide bonds. The number of carbonyl (C=O) groups is 1. The lowest BCUT2D eigenvalue weighted by atomic mass is 10.1. The fourth-order valence-electron chi connectivity index (χ4n) is 1.73. The van der Waals surface area contributed by atoms with Crippen LogP contribution in [0.4, 0.5) is 4.39 Å². The van der Waals surface area contributed by atoms with Gasteiger partial charge in [0, 0.05) is 13.5 Å². The molecule has 2 aromatic rings. The lowest BCUT2D eigenvalue weighted by Gasteiger charge is -2.08. The molecule has 0 saturated heterocycles. The van der Waals surface area contributed by atoms with E-state index in [-0.39, 0.29) is 35.1 Å². The van der Waals surface area contributed by atoms with Crippen LogP contribution in [0.15, 0.2) is 30.7 Å². The van der Waals surface area contributed by atoms with E-state index in [1.807, 2.05) is 0 Å². The number of hydrogen-bond donors (Lipinski definition) is 0. The van der Waals surface area contributed by atoms with Crippen molar-refractivity contribution in [1.29, 1.82) is 5.26 Å². The molecule has 0 aliphatic carbocycles. The van der Waals surface area contributed by atoms with E-state index >= 15 is 0 Å². The predicted molar refractivity (Wildman–Crippen MR) is 78.2 cm³/mol. The third-order valence-corrected chi connectivity index (χ3v) is 2.73. The average Bonchev–Trinajstić information content (AvgIpc) is 2.84. The monoisotopic (exact) mass is 353 g/mol. The first kappa shape index (κ1) is 16.9. The summed E-state index contributed by atoms with van der Waals surface area (Å²) in [6.45, 7) is 1.84. The van der Waals surface area contributed by atoms with Gasteiger partial charge in [-0.1, -0.05) is 6.07 Å². The molecular formula is C14H13BrFN3O2. The number of nitriles is 1. The minimum Gasteiger partial charge on any atom is -0.459 e. The second-order valence-electron chi connectivity index (χ2n) is 4.22. The zero-order chi connectivity index (χ0) is 14.5. The molecule has 0 atom stereocenters. The highest BCUT2D eigenvalue weighted by Gasteiger charge is 2.07. The lowest BCUT2D eigenvalue weighted by molar-refractivity contribution is -0.142. The van der Waals surface area contributed by atoms with Gasteiger partial charge in [-0.2, -0.15) is 5.26 Å². The van der Waals surface area contributed by atoms with Crippen molar-refractivity contribution in [2.45, 2.75) is 20.1 Å². The first-order valence-electron chi connectivity index (χ1n) is 5.91. The highest BCUT2D eigenvalue weighted by molar-refractivity contribution is 8.93. The zero-order valence-electron chi connectivity index (χ0n) is 11.2. The van der Waals surface area contributed by atoms with Gasteiger partial charge in [0.2, 0.25) is 0 Å². The van der Waals surface area contributed by atoms with Crippen LogP contribution in [0.25, 0.3) is 0 Å². The van der Waals surface area contributed by atoms with Gasteiger partial charge >= 0.3 is 5.97 Å². The predicted octanol–water partition coefficient (Wildman–Crippen LogP) is 2.58. The van der Waals surface area contributed by atoms with Gasteiger partial charge in [-0.3, -0.25) is 4.79 Å². The van der Waals surface area contributed by atoms with E-state index in [9.17, 15) is 9.18 Å². The van der Waals surface area contributed by atoms with Gasteiger partial charge in [0.1, 0.15) is 18.5 Å². The number of carbonyl (C=O) groups excluding carboxylic acids is 1. The van der Waals surface area contributed by atoms with Crippen LogP contribution in [0.3, 0.4) is 0 Å². The normalized spacial score (nSPS) is 9.57. The smallest absolute Gasteiger partial charge is 0.303 e. The number of benzene rings is 1. The Morgan fingerprint density at radius 1 is 1.52 bits per heavy atom. The number of imidazole rings is 1. The van der Waals surface area contributed by atoms with Gasteiger partial charge < -0.3 is 9.30 Å². The summed E-state index contributed by atoms with van der Waals surface area (Å²) in [6.07, 6.45) is 3.16. The maximum atomic E-state index is 13.5. The summed E-state index contributed by atoms with van der Waals surface area (Å²) in [5.74, 6) is -0.922. The van der Waals surface area contributed by atoms with Crippen molar-refractivity contribution in [1.82, 2.24) is 9.55 Å². The minimum absolute atomic E-state index is 0. The molecule has 7 heteroatoms. The van der Waals surface area contributed by atoms with E-state index in [4.69, 9.17) is 10.00 Å². The maximum absolute atomic E-state index is 13.5. The van der Waals surface area contributed by atoms with Gasteiger partial charge in [-0.05, 0) is 17.7 Å².